The highest BCUT2D eigenvalue weighted by atomic mass is 19.1. The van der Waals surface area contributed by atoms with Gasteiger partial charge in [0, 0.05) is 23.7 Å². The van der Waals surface area contributed by atoms with Crippen molar-refractivity contribution < 1.29 is 38.1 Å². The number of hydrogen-bond acceptors (Lipinski definition) is 7. The van der Waals surface area contributed by atoms with Gasteiger partial charge in [0.1, 0.15) is 0 Å². The number of allylic oxidation sites excluding steroid dienone is 4. The number of Topliss-reactive ketones (excluding diaryl/α,β-unsaturated/α-hetero) is 1. The van der Waals surface area contributed by atoms with Crippen molar-refractivity contribution in [1.29, 1.82) is 0 Å². The summed E-state index contributed by atoms with van der Waals surface area (Å²) in [5, 5.41) is 11.5. The highest BCUT2D eigenvalue weighted by Gasteiger charge is 2.80. The Morgan fingerprint density at radius 1 is 1.24 bits per heavy atom. The van der Waals surface area contributed by atoms with Crippen LogP contribution in [-0.4, -0.2) is 58.5 Å². The summed E-state index contributed by atoms with van der Waals surface area (Å²) in [6.07, 6.45) is 3.81. The molecule has 0 aromatic heterocycles. The van der Waals surface area contributed by atoms with E-state index in [1.807, 2.05) is 6.92 Å². The minimum atomic E-state index is -2.01. The fourth-order valence-electron chi connectivity index (χ4n) is 8.08. The van der Waals surface area contributed by atoms with Crippen LogP contribution in [0.15, 0.2) is 23.8 Å². The summed E-state index contributed by atoms with van der Waals surface area (Å²) < 4.78 is 34.9. The third kappa shape index (κ3) is 2.76. The summed E-state index contributed by atoms with van der Waals surface area (Å²) in [4.78, 5) is 37.1. The van der Waals surface area contributed by atoms with Crippen LogP contribution >= 0.6 is 0 Å². The number of alkyl halides is 1. The summed E-state index contributed by atoms with van der Waals surface area (Å²) in [6.45, 7) is 7.86. The van der Waals surface area contributed by atoms with Crippen molar-refractivity contribution in [1.82, 2.24) is 0 Å². The Labute approximate surface area is 198 Å². The van der Waals surface area contributed by atoms with Gasteiger partial charge in [0.2, 0.25) is 5.78 Å². The molecule has 0 radical (unpaired) electrons. The molecule has 1 N–H and O–H groups in total. The summed E-state index contributed by atoms with van der Waals surface area (Å²) in [5.41, 5.74) is -4.82. The first kappa shape index (κ1) is 23.8. The van der Waals surface area contributed by atoms with Gasteiger partial charge in [-0.2, -0.15) is 0 Å². The van der Waals surface area contributed by atoms with Gasteiger partial charge >= 0.3 is 5.97 Å². The van der Waals surface area contributed by atoms with Gasteiger partial charge in [-0.15, -0.1) is 0 Å². The van der Waals surface area contributed by atoms with Crippen molar-refractivity contribution in [3.05, 3.63) is 23.8 Å². The number of halogens is 1. The first-order valence-electron chi connectivity index (χ1n) is 12.1. The number of rotatable bonds is 3. The molecular formula is C26H33FO7. The van der Waals surface area contributed by atoms with Gasteiger partial charge in [-0.3, -0.25) is 14.4 Å². The zero-order valence-electron chi connectivity index (χ0n) is 20.4. The maximum absolute atomic E-state index is 17.3. The van der Waals surface area contributed by atoms with Gasteiger partial charge in [-0.25, -0.2) is 4.39 Å². The van der Waals surface area contributed by atoms with Crippen LogP contribution in [0.4, 0.5) is 4.39 Å². The molecule has 8 atom stereocenters. The molecule has 0 amide bonds. The second-order valence-electron chi connectivity index (χ2n) is 11.5. The largest absolute Gasteiger partial charge is 0.458 e. The second kappa shape index (κ2) is 7.08. The Morgan fingerprint density at radius 2 is 1.94 bits per heavy atom. The van der Waals surface area contributed by atoms with Gasteiger partial charge in [0.25, 0.3) is 0 Å². The molecule has 0 aromatic carbocycles. The molecule has 186 valence electrons. The van der Waals surface area contributed by atoms with E-state index in [1.54, 1.807) is 26.8 Å². The minimum Gasteiger partial charge on any atom is -0.458 e. The zero-order valence-corrected chi connectivity index (χ0v) is 20.4. The van der Waals surface area contributed by atoms with E-state index < -0.39 is 64.4 Å². The van der Waals surface area contributed by atoms with Crippen LogP contribution in [0.1, 0.15) is 60.3 Å². The van der Waals surface area contributed by atoms with Crippen LogP contribution in [0.5, 0.6) is 0 Å². The zero-order chi connectivity index (χ0) is 24.9. The first-order valence-corrected chi connectivity index (χ1v) is 12.1. The fourth-order valence-corrected chi connectivity index (χ4v) is 8.08. The van der Waals surface area contributed by atoms with Crippen molar-refractivity contribution in [3.63, 3.8) is 0 Å². The van der Waals surface area contributed by atoms with E-state index in [4.69, 9.17) is 14.2 Å². The van der Waals surface area contributed by atoms with E-state index in [9.17, 15) is 19.5 Å². The van der Waals surface area contributed by atoms with Crippen LogP contribution < -0.4 is 0 Å². The smallest absolute Gasteiger partial charge is 0.303 e. The van der Waals surface area contributed by atoms with Crippen molar-refractivity contribution in [2.24, 2.45) is 22.7 Å². The number of esters is 1. The first-order chi connectivity index (χ1) is 15.7. The average molecular weight is 477 g/mol. The topological polar surface area (TPSA) is 99.1 Å². The molecule has 3 saturated carbocycles. The van der Waals surface area contributed by atoms with Crippen molar-refractivity contribution in [2.45, 2.75) is 89.6 Å². The van der Waals surface area contributed by atoms with E-state index in [-0.39, 0.29) is 18.1 Å². The summed E-state index contributed by atoms with van der Waals surface area (Å²) in [7, 11) is 0. The Hall–Kier alpha value is -1.90. The highest BCUT2D eigenvalue weighted by Crippen LogP contribution is 2.72. The predicted molar refractivity (Wildman–Crippen MR) is 118 cm³/mol. The molecule has 5 unspecified atom stereocenters. The summed E-state index contributed by atoms with van der Waals surface area (Å²) in [5.74, 6) is -3.11. The molecule has 7 nitrogen and oxygen atoms in total. The molecule has 0 aromatic rings. The quantitative estimate of drug-likeness (QED) is 0.625. The van der Waals surface area contributed by atoms with Crippen LogP contribution in [0.2, 0.25) is 0 Å². The van der Waals surface area contributed by atoms with E-state index >= 15 is 4.39 Å². The molecule has 4 aliphatic carbocycles. The van der Waals surface area contributed by atoms with E-state index in [2.05, 4.69) is 0 Å². The molecule has 34 heavy (non-hydrogen) atoms. The van der Waals surface area contributed by atoms with E-state index in [0.717, 1.165) is 0 Å². The van der Waals surface area contributed by atoms with Gasteiger partial charge in [0.15, 0.2) is 29.4 Å². The highest BCUT2D eigenvalue weighted by molar-refractivity contribution is 6.01. The lowest BCUT2D eigenvalue weighted by molar-refractivity contribution is -0.246. The van der Waals surface area contributed by atoms with Gasteiger partial charge in [-0.05, 0) is 64.5 Å². The monoisotopic (exact) mass is 476 g/mol. The van der Waals surface area contributed by atoms with Crippen molar-refractivity contribution in [3.8, 4) is 0 Å². The summed E-state index contributed by atoms with van der Waals surface area (Å²) in [6, 6.07) is 0. The van der Waals surface area contributed by atoms with E-state index in [1.165, 1.54) is 19.1 Å². The lowest BCUT2D eigenvalue weighted by Crippen LogP contribution is -2.70. The van der Waals surface area contributed by atoms with E-state index in [0.29, 0.717) is 24.8 Å². The Kier molecular flexibility index (Phi) is 4.96. The number of hydrogen-bond donors (Lipinski definition) is 1. The standard InChI is InChI=1S/C26H33FO7/c1-14(28)32-13-20(31)26-21(33-22(2,3)34-26)11-18-17-7-6-15-10-16(29)8-9-23(15,4)25(17,27)19(30)12-24(18,26)5/h8-10,17-19,21,30H,6-7,11-13H2,1-5H3/t17?,18?,19?,21-,23?,24?,25+,26-/m1/s1. The van der Waals surface area contributed by atoms with Crippen molar-refractivity contribution >= 4 is 17.5 Å². The van der Waals surface area contributed by atoms with Gasteiger partial charge in [0.05, 0.1) is 12.2 Å². The molecule has 1 heterocycles. The maximum Gasteiger partial charge on any atom is 0.303 e. The fraction of sp³-hybridized carbons (Fsp3) is 0.731. The van der Waals surface area contributed by atoms with Gasteiger partial charge < -0.3 is 19.3 Å². The van der Waals surface area contributed by atoms with Crippen LogP contribution in [0.3, 0.4) is 0 Å². The lowest BCUT2D eigenvalue weighted by atomic mass is 9.44. The Morgan fingerprint density at radius 3 is 2.62 bits per heavy atom. The molecular weight excluding hydrogens is 443 g/mol. The molecule has 4 fully saturated rings. The molecule has 0 spiro atoms. The number of fused-ring (bicyclic) bond motifs is 7. The number of aliphatic hydroxyl groups is 1. The number of aliphatic hydroxyl groups excluding tert-OH is 1. The van der Waals surface area contributed by atoms with Crippen molar-refractivity contribution in [2.75, 3.05) is 6.61 Å². The molecule has 5 rings (SSSR count). The lowest BCUT2D eigenvalue weighted by Gasteiger charge is -2.62. The molecule has 1 aliphatic heterocycles. The molecule has 8 heteroatoms. The second-order valence-corrected chi connectivity index (χ2v) is 11.5. The minimum absolute atomic E-state index is 0.0168. The number of ketones is 2. The molecule has 5 aliphatic rings. The number of ether oxygens (including phenoxy) is 3. The number of carbonyl (C=O) groups is 3. The normalized spacial score (nSPS) is 48.3. The predicted octanol–water partition coefficient (Wildman–Crippen LogP) is 2.99. The Bertz CT molecular complexity index is 1030. The summed E-state index contributed by atoms with van der Waals surface area (Å²) >= 11 is 0. The molecule has 0 bridgehead atoms. The SMILES string of the molecule is CC(=O)OCC(=O)[C@@]12OC(C)(C)O[C@@H]1CC1C3CCC4=CC(=O)C=CC4(C)[C@@]3(F)C(O)CC12C. The number of carbonyl (C=O) groups excluding carboxylic acids is 3. The third-order valence-electron chi connectivity index (χ3n) is 9.45. The van der Waals surface area contributed by atoms with Crippen LogP contribution in [-0.2, 0) is 28.6 Å². The maximum atomic E-state index is 17.3. The van der Waals surface area contributed by atoms with Crippen LogP contribution in [0, 0.1) is 22.7 Å². The van der Waals surface area contributed by atoms with Crippen LogP contribution in [0.25, 0.3) is 0 Å². The Balaban J connectivity index is 1.60. The van der Waals surface area contributed by atoms with Gasteiger partial charge in [-0.1, -0.05) is 18.6 Å². The average Bonchev–Trinajstić information content (AvgIpc) is 3.14. The third-order valence-corrected chi connectivity index (χ3v) is 9.45. The molecule has 1 saturated heterocycles.